The molecule has 5 rings (SSSR count). The molecule has 0 bridgehead atoms. The molecule has 6 heteroatoms. The van der Waals surface area contributed by atoms with Crippen LogP contribution in [-0.4, -0.2) is 31.6 Å². The fourth-order valence-electron chi connectivity index (χ4n) is 5.11. The second-order valence-electron chi connectivity index (χ2n) is 9.22. The predicted octanol–water partition coefficient (Wildman–Crippen LogP) is 6.67. The van der Waals surface area contributed by atoms with E-state index in [0.717, 1.165) is 57.7 Å². The third-order valence-electron chi connectivity index (χ3n) is 6.88. The molecule has 2 aliphatic rings. The van der Waals surface area contributed by atoms with Gasteiger partial charge in [0.1, 0.15) is 0 Å². The lowest BCUT2D eigenvalue weighted by Gasteiger charge is -2.35. The average molecular weight is 471 g/mol. The Morgan fingerprint density at radius 1 is 1.09 bits per heavy atom. The lowest BCUT2D eigenvalue weighted by atomic mass is 9.85. The summed E-state index contributed by atoms with van der Waals surface area (Å²) in [5.41, 5.74) is 5.16. The molecule has 34 heavy (non-hydrogen) atoms. The summed E-state index contributed by atoms with van der Waals surface area (Å²) in [6, 6.07) is 16.3. The molecule has 3 heterocycles. The molecular formula is C28H30N4OS. The number of hydrogen-bond acceptors (Lipinski definition) is 4. The first-order valence-corrected chi connectivity index (χ1v) is 12.8. The van der Waals surface area contributed by atoms with Crippen LogP contribution >= 0.6 is 11.8 Å². The van der Waals surface area contributed by atoms with Gasteiger partial charge in [-0.15, -0.1) is 0 Å². The normalized spacial score (nSPS) is 23.3. The highest BCUT2D eigenvalue weighted by atomic mass is 32.2. The van der Waals surface area contributed by atoms with Crippen molar-refractivity contribution in [1.82, 2.24) is 14.5 Å². The summed E-state index contributed by atoms with van der Waals surface area (Å²) in [4.78, 5) is 25.7. The molecule has 3 aromatic rings. The molecule has 1 saturated heterocycles. The quantitative estimate of drug-likeness (QED) is 0.400. The van der Waals surface area contributed by atoms with Crippen molar-refractivity contribution >= 4 is 34.6 Å². The van der Waals surface area contributed by atoms with Crippen LogP contribution in [0.5, 0.6) is 0 Å². The van der Waals surface area contributed by atoms with Crippen molar-refractivity contribution < 1.29 is 4.79 Å². The molecule has 1 aromatic carbocycles. The van der Waals surface area contributed by atoms with E-state index in [-0.39, 0.29) is 11.9 Å². The minimum Gasteiger partial charge on any atom is -0.316 e. The van der Waals surface area contributed by atoms with Gasteiger partial charge < -0.3 is 4.57 Å². The van der Waals surface area contributed by atoms with E-state index in [0.29, 0.717) is 5.92 Å². The zero-order valence-electron chi connectivity index (χ0n) is 19.9. The SMILES string of the molecule is Cc1cc(/C=C2\SC(=Nc3ccccc3)N([C@@H]3CCCC[C@H]3C)C2=O)c(C)n1-c1cccnc1. The first-order chi connectivity index (χ1) is 16.5. The number of aryl methyl sites for hydroxylation is 1. The van der Waals surface area contributed by atoms with Gasteiger partial charge in [0.05, 0.1) is 22.5 Å². The first kappa shape index (κ1) is 22.7. The second-order valence-corrected chi connectivity index (χ2v) is 10.2. The molecule has 1 aliphatic carbocycles. The number of benzene rings is 1. The van der Waals surface area contributed by atoms with E-state index >= 15 is 0 Å². The molecule has 0 unspecified atom stereocenters. The molecule has 1 amide bonds. The number of rotatable bonds is 4. The third-order valence-corrected chi connectivity index (χ3v) is 7.86. The number of hydrogen-bond donors (Lipinski definition) is 0. The zero-order valence-corrected chi connectivity index (χ0v) is 20.8. The highest BCUT2D eigenvalue weighted by Gasteiger charge is 2.41. The summed E-state index contributed by atoms with van der Waals surface area (Å²) in [5.74, 6) is 0.541. The highest BCUT2D eigenvalue weighted by Crippen LogP contribution is 2.40. The molecule has 2 fully saturated rings. The van der Waals surface area contributed by atoms with Crippen molar-refractivity contribution in [3.8, 4) is 5.69 Å². The molecule has 1 aliphatic heterocycles. The van der Waals surface area contributed by atoms with Crippen molar-refractivity contribution in [3.05, 3.63) is 82.8 Å². The third kappa shape index (κ3) is 4.34. The number of aliphatic imine (C=N–C) groups is 1. The van der Waals surface area contributed by atoms with Crippen molar-refractivity contribution in [2.24, 2.45) is 10.9 Å². The van der Waals surface area contributed by atoms with Gasteiger partial charge in [-0.1, -0.05) is 38.0 Å². The Morgan fingerprint density at radius 2 is 1.88 bits per heavy atom. The number of carbonyl (C=O) groups excluding carboxylic acids is 1. The summed E-state index contributed by atoms with van der Waals surface area (Å²) in [5, 5.41) is 0.794. The van der Waals surface area contributed by atoms with Gasteiger partial charge in [-0.3, -0.25) is 14.7 Å². The Balaban J connectivity index is 1.54. The predicted molar refractivity (Wildman–Crippen MR) is 140 cm³/mol. The first-order valence-electron chi connectivity index (χ1n) is 12.0. The molecule has 0 N–H and O–H groups in total. The Labute approximate surface area is 205 Å². The van der Waals surface area contributed by atoms with Crippen LogP contribution in [-0.2, 0) is 4.79 Å². The van der Waals surface area contributed by atoms with E-state index in [1.54, 1.807) is 6.20 Å². The van der Waals surface area contributed by atoms with Crippen LogP contribution in [0, 0.1) is 19.8 Å². The number of para-hydroxylation sites is 1. The van der Waals surface area contributed by atoms with Gasteiger partial charge in [0.2, 0.25) is 0 Å². The van der Waals surface area contributed by atoms with E-state index in [4.69, 9.17) is 4.99 Å². The van der Waals surface area contributed by atoms with Crippen LogP contribution in [0.25, 0.3) is 11.8 Å². The molecule has 2 aromatic heterocycles. The molecule has 2 atom stereocenters. The van der Waals surface area contributed by atoms with Gasteiger partial charge in [-0.05, 0) is 86.3 Å². The summed E-state index contributed by atoms with van der Waals surface area (Å²) < 4.78 is 2.18. The maximum atomic E-state index is 13.8. The number of carbonyl (C=O) groups is 1. The average Bonchev–Trinajstić information content (AvgIpc) is 3.30. The van der Waals surface area contributed by atoms with Crippen LogP contribution in [0.4, 0.5) is 5.69 Å². The summed E-state index contributed by atoms with van der Waals surface area (Å²) in [6.45, 7) is 6.45. The molecule has 0 radical (unpaired) electrons. The van der Waals surface area contributed by atoms with Gasteiger partial charge in [-0.2, -0.15) is 0 Å². The lowest BCUT2D eigenvalue weighted by molar-refractivity contribution is -0.124. The largest absolute Gasteiger partial charge is 0.316 e. The summed E-state index contributed by atoms with van der Waals surface area (Å²) in [7, 11) is 0. The van der Waals surface area contributed by atoms with E-state index in [1.807, 2.05) is 53.6 Å². The number of amidine groups is 1. The molecule has 174 valence electrons. The van der Waals surface area contributed by atoms with E-state index in [1.165, 1.54) is 18.2 Å². The van der Waals surface area contributed by atoms with Gasteiger partial charge in [0, 0.05) is 23.6 Å². The van der Waals surface area contributed by atoms with Gasteiger partial charge in [-0.25, -0.2) is 4.99 Å². The van der Waals surface area contributed by atoms with E-state index < -0.39 is 0 Å². The van der Waals surface area contributed by atoms with Gasteiger partial charge in [0.25, 0.3) is 5.91 Å². The number of pyridine rings is 1. The highest BCUT2D eigenvalue weighted by molar-refractivity contribution is 8.18. The number of thioether (sulfide) groups is 1. The molecule has 0 spiro atoms. The maximum absolute atomic E-state index is 13.8. The monoisotopic (exact) mass is 470 g/mol. The Morgan fingerprint density at radius 3 is 2.62 bits per heavy atom. The maximum Gasteiger partial charge on any atom is 0.267 e. The Bertz CT molecular complexity index is 1250. The molecule has 5 nitrogen and oxygen atoms in total. The van der Waals surface area contributed by atoms with Crippen LogP contribution < -0.4 is 0 Å². The zero-order chi connectivity index (χ0) is 23.7. The Hall–Kier alpha value is -3.12. The van der Waals surface area contributed by atoms with Crippen molar-refractivity contribution in [2.45, 2.75) is 52.5 Å². The summed E-state index contributed by atoms with van der Waals surface area (Å²) >= 11 is 1.50. The smallest absolute Gasteiger partial charge is 0.267 e. The Kier molecular flexibility index (Phi) is 6.42. The fourth-order valence-corrected chi connectivity index (χ4v) is 6.14. The fraction of sp³-hybridized carbons (Fsp3) is 0.321. The standard InChI is InChI=1S/C28H30N4OS/c1-19-10-7-8-14-25(19)32-27(33)26(34-28(32)30-23-11-5-4-6-12-23)17-22-16-20(2)31(21(22)3)24-13-9-15-29-18-24/h4-6,9,11-13,15-19,25H,7-8,10,14H2,1-3H3/b26-17-,30-28?/t19-,25-/m1/s1. The number of aromatic nitrogens is 2. The second kappa shape index (κ2) is 9.63. The van der Waals surface area contributed by atoms with E-state index in [2.05, 4.69) is 42.5 Å². The number of nitrogens with zero attached hydrogens (tertiary/aromatic N) is 4. The van der Waals surface area contributed by atoms with Crippen molar-refractivity contribution in [2.75, 3.05) is 0 Å². The van der Waals surface area contributed by atoms with Crippen molar-refractivity contribution in [1.29, 1.82) is 0 Å². The van der Waals surface area contributed by atoms with Gasteiger partial charge >= 0.3 is 0 Å². The van der Waals surface area contributed by atoms with E-state index in [9.17, 15) is 4.79 Å². The van der Waals surface area contributed by atoms with Crippen LogP contribution in [0.15, 0.2) is 70.8 Å². The van der Waals surface area contributed by atoms with Crippen LogP contribution in [0.2, 0.25) is 0 Å². The minimum absolute atomic E-state index is 0.0737. The van der Waals surface area contributed by atoms with Crippen LogP contribution in [0.3, 0.4) is 0 Å². The topological polar surface area (TPSA) is 50.5 Å². The van der Waals surface area contributed by atoms with Crippen LogP contribution in [0.1, 0.15) is 49.6 Å². The minimum atomic E-state index is 0.0737. The molecule has 1 saturated carbocycles. The lowest BCUT2D eigenvalue weighted by Crippen LogP contribution is -2.44. The number of amides is 1. The molecular weight excluding hydrogens is 440 g/mol. The summed E-state index contributed by atoms with van der Waals surface area (Å²) in [6.07, 6.45) is 10.3. The van der Waals surface area contributed by atoms with Crippen molar-refractivity contribution in [3.63, 3.8) is 0 Å². The van der Waals surface area contributed by atoms with Gasteiger partial charge in [0.15, 0.2) is 5.17 Å².